The molecule has 0 saturated heterocycles. The summed E-state index contributed by atoms with van der Waals surface area (Å²) in [6, 6.07) is 5.38. The Labute approximate surface area is 123 Å². The van der Waals surface area contributed by atoms with E-state index in [9.17, 15) is 0 Å². The van der Waals surface area contributed by atoms with Crippen molar-refractivity contribution < 1.29 is 0 Å². The first-order valence-corrected chi connectivity index (χ1v) is 7.43. The van der Waals surface area contributed by atoms with Crippen LogP contribution in [-0.4, -0.2) is 20.2 Å². The van der Waals surface area contributed by atoms with Crippen LogP contribution in [0.25, 0.3) is 11.4 Å². The second kappa shape index (κ2) is 5.79. The zero-order valence-electron chi connectivity index (χ0n) is 11.3. The molecule has 1 aromatic heterocycles. The minimum atomic E-state index is 0.621. The SMILES string of the molecule is Nc1ccc(Cl)c(-c2nnnn2CCC2CCCC2)c1. The Kier molecular flexibility index (Phi) is 3.87. The molecule has 2 aromatic rings. The van der Waals surface area contributed by atoms with E-state index >= 15 is 0 Å². The van der Waals surface area contributed by atoms with Gasteiger partial charge in [0.1, 0.15) is 0 Å². The van der Waals surface area contributed by atoms with Crippen LogP contribution in [0.2, 0.25) is 5.02 Å². The highest BCUT2D eigenvalue weighted by Gasteiger charge is 2.17. The average Bonchev–Trinajstić information content (AvgIpc) is 3.09. The molecular weight excluding hydrogens is 274 g/mol. The minimum absolute atomic E-state index is 0.621. The lowest BCUT2D eigenvalue weighted by atomic mass is 10.0. The quantitative estimate of drug-likeness (QED) is 0.879. The molecule has 0 unspecified atom stereocenters. The van der Waals surface area contributed by atoms with Gasteiger partial charge in [0.2, 0.25) is 0 Å². The molecule has 0 spiro atoms. The molecule has 3 rings (SSSR count). The maximum Gasteiger partial charge on any atom is 0.183 e. The predicted molar refractivity (Wildman–Crippen MR) is 79.3 cm³/mol. The van der Waals surface area contributed by atoms with Crippen molar-refractivity contribution in [1.29, 1.82) is 0 Å². The molecule has 1 fully saturated rings. The van der Waals surface area contributed by atoms with Gasteiger partial charge in [-0.3, -0.25) is 0 Å². The number of rotatable bonds is 4. The molecule has 1 saturated carbocycles. The first-order valence-electron chi connectivity index (χ1n) is 7.05. The fourth-order valence-corrected chi connectivity index (χ4v) is 3.07. The number of benzene rings is 1. The van der Waals surface area contributed by atoms with E-state index in [0.717, 1.165) is 24.4 Å². The molecule has 1 heterocycles. The van der Waals surface area contributed by atoms with Gasteiger partial charge in [-0.05, 0) is 41.0 Å². The third kappa shape index (κ3) is 2.77. The second-order valence-corrected chi connectivity index (χ2v) is 5.81. The standard InChI is InChI=1S/C14H18ClN5/c15-13-6-5-11(16)9-12(13)14-17-18-19-20(14)8-7-10-3-1-2-4-10/h5-6,9-10H,1-4,7-8,16H2. The van der Waals surface area contributed by atoms with Crippen molar-refractivity contribution in [3.8, 4) is 11.4 Å². The Bertz CT molecular complexity index is 589. The van der Waals surface area contributed by atoms with E-state index in [1.807, 2.05) is 10.7 Å². The molecule has 0 atom stereocenters. The van der Waals surface area contributed by atoms with Gasteiger partial charge in [-0.15, -0.1) is 5.10 Å². The van der Waals surface area contributed by atoms with Crippen LogP contribution in [-0.2, 0) is 6.54 Å². The topological polar surface area (TPSA) is 69.6 Å². The van der Waals surface area contributed by atoms with Crippen molar-refractivity contribution in [2.45, 2.75) is 38.6 Å². The molecule has 106 valence electrons. The van der Waals surface area contributed by atoms with Crippen LogP contribution in [0.1, 0.15) is 32.1 Å². The van der Waals surface area contributed by atoms with Gasteiger partial charge in [0.25, 0.3) is 0 Å². The third-order valence-corrected chi connectivity index (χ3v) is 4.32. The molecule has 20 heavy (non-hydrogen) atoms. The summed E-state index contributed by atoms with van der Waals surface area (Å²) in [5, 5.41) is 12.6. The summed E-state index contributed by atoms with van der Waals surface area (Å²) in [5.41, 5.74) is 7.28. The van der Waals surface area contributed by atoms with Gasteiger partial charge < -0.3 is 5.73 Å². The molecule has 2 N–H and O–H groups in total. The summed E-state index contributed by atoms with van der Waals surface area (Å²) >= 11 is 6.22. The molecule has 0 bridgehead atoms. The van der Waals surface area contributed by atoms with Crippen molar-refractivity contribution in [3.63, 3.8) is 0 Å². The highest BCUT2D eigenvalue weighted by Crippen LogP contribution is 2.30. The first kappa shape index (κ1) is 13.4. The van der Waals surface area contributed by atoms with E-state index in [4.69, 9.17) is 17.3 Å². The van der Waals surface area contributed by atoms with Crippen LogP contribution in [0.5, 0.6) is 0 Å². The zero-order chi connectivity index (χ0) is 13.9. The second-order valence-electron chi connectivity index (χ2n) is 5.40. The van der Waals surface area contributed by atoms with Gasteiger partial charge in [0.05, 0.1) is 5.02 Å². The van der Waals surface area contributed by atoms with E-state index in [0.29, 0.717) is 16.5 Å². The summed E-state index contributed by atoms with van der Waals surface area (Å²) in [5.74, 6) is 1.50. The van der Waals surface area contributed by atoms with Crippen LogP contribution in [0.3, 0.4) is 0 Å². The fourth-order valence-electron chi connectivity index (χ4n) is 2.87. The highest BCUT2D eigenvalue weighted by molar-refractivity contribution is 6.33. The number of nitrogen functional groups attached to an aromatic ring is 1. The smallest absolute Gasteiger partial charge is 0.183 e. The number of hydrogen-bond donors (Lipinski definition) is 1. The minimum Gasteiger partial charge on any atom is -0.399 e. The normalized spacial score (nSPS) is 15.8. The van der Waals surface area contributed by atoms with Gasteiger partial charge >= 0.3 is 0 Å². The number of aryl methyl sites for hydroxylation is 1. The highest BCUT2D eigenvalue weighted by atomic mass is 35.5. The van der Waals surface area contributed by atoms with Crippen LogP contribution >= 0.6 is 11.6 Å². The molecule has 6 heteroatoms. The molecular formula is C14H18ClN5. The molecule has 1 aliphatic rings. The lowest BCUT2D eigenvalue weighted by Crippen LogP contribution is -2.07. The fraction of sp³-hybridized carbons (Fsp3) is 0.500. The Morgan fingerprint density at radius 2 is 2.10 bits per heavy atom. The summed E-state index contributed by atoms with van der Waals surface area (Å²) in [6.45, 7) is 0.831. The van der Waals surface area contributed by atoms with E-state index in [1.165, 1.54) is 25.7 Å². The van der Waals surface area contributed by atoms with Crippen molar-refractivity contribution in [2.24, 2.45) is 5.92 Å². The third-order valence-electron chi connectivity index (χ3n) is 3.99. The largest absolute Gasteiger partial charge is 0.399 e. The molecule has 0 radical (unpaired) electrons. The lowest BCUT2D eigenvalue weighted by molar-refractivity contribution is 0.436. The molecule has 0 amide bonds. The van der Waals surface area contributed by atoms with Gasteiger partial charge in [0.15, 0.2) is 5.82 Å². The van der Waals surface area contributed by atoms with Crippen molar-refractivity contribution in [2.75, 3.05) is 5.73 Å². The number of nitrogens with zero attached hydrogens (tertiary/aromatic N) is 4. The number of tetrazole rings is 1. The summed E-state index contributed by atoms with van der Waals surface area (Å²) in [6.07, 6.45) is 6.49. The van der Waals surface area contributed by atoms with E-state index in [2.05, 4.69) is 15.5 Å². The Hall–Kier alpha value is -1.62. The summed E-state index contributed by atoms with van der Waals surface area (Å²) in [4.78, 5) is 0. The maximum atomic E-state index is 6.22. The average molecular weight is 292 g/mol. The predicted octanol–water partition coefficient (Wildman–Crippen LogP) is 3.16. The molecule has 0 aliphatic heterocycles. The first-order chi connectivity index (χ1) is 9.74. The van der Waals surface area contributed by atoms with Crippen LogP contribution in [0.15, 0.2) is 18.2 Å². The number of aromatic nitrogens is 4. The van der Waals surface area contributed by atoms with Gasteiger partial charge in [-0.25, -0.2) is 4.68 Å². The van der Waals surface area contributed by atoms with Crippen molar-refractivity contribution in [1.82, 2.24) is 20.2 Å². The molecule has 1 aliphatic carbocycles. The Morgan fingerprint density at radius 3 is 2.90 bits per heavy atom. The number of halogens is 1. The van der Waals surface area contributed by atoms with Gasteiger partial charge in [-0.1, -0.05) is 37.3 Å². The Balaban J connectivity index is 1.80. The van der Waals surface area contributed by atoms with Crippen LogP contribution in [0, 0.1) is 5.92 Å². The lowest BCUT2D eigenvalue weighted by Gasteiger charge is -2.10. The van der Waals surface area contributed by atoms with Gasteiger partial charge in [-0.2, -0.15) is 0 Å². The zero-order valence-corrected chi connectivity index (χ0v) is 12.1. The number of hydrogen-bond acceptors (Lipinski definition) is 4. The van der Waals surface area contributed by atoms with Gasteiger partial charge in [0, 0.05) is 17.8 Å². The van der Waals surface area contributed by atoms with E-state index in [1.54, 1.807) is 12.1 Å². The summed E-state index contributed by atoms with van der Waals surface area (Å²) in [7, 11) is 0. The van der Waals surface area contributed by atoms with Crippen molar-refractivity contribution >= 4 is 17.3 Å². The van der Waals surface area contributed by atoms with Crippen molar-refractivity contribution in [3.05, 3.63) is 23.2 Å². The van der Waals surface area contributed by atoms with Crippen LogP contribution in [0.4, 0.5) is 5.69 Å². The molecule has 5 nitrogen and oxygen atoms in total. The monoisotopic (exact) mass is 291 g/mol. The maximum absolute atomic E-state index is 6.22. The van der Waals surface area contributed by atoms with Crippen LogP contribution < -0.4 is 5.73 Å². The van der Waals surface area contributed by atoms with E-state index < -0.39 is 0 Å². The Morgan fingerprint density at radius 1 is 1.30 bits per heavy atom. The van der Waals surface area contributed by atoms with E-state index in [-0.39, 0.29) is 0 Å². The summed E-state index contributed by atoms with van der Waals surface area (Å²) < 4.78 is 1.83. The molecule has 1 aromatic carbocycles. The number of anilines is 1. The number of nitrogens with two attached hydrogens (primary N) is 1.